The van der Waals surface area contributed by atoms with Gasteiger partial charge in [-0.15, -0.1) is 0 Å². The molecule has 0 amide bonds. The molecule has 0 spiro atoms. The maximum absolute atomic E-state index is 14.0. The fourth-order valence-electron chi connectivity index (χ4n) is 2.43. The van der Waals surface area contributed by atoms with Gasteiger partial charge in [-0.2, -0.15) is 0 Å². The van der Waals surface area contributed by atoms with Gasteiger partial charge >= 0.3 is 0 Å². The first-order valence-corrected chi connectivity index (χ1v) is 6.25. The summed E-state index contributed by atoms with van der Waals surface area (Å²) in [5.74, 6) is -0.641. The number of hydrogen-bond acceptors (Lipinski definition) is 2. The summed E-state index contributed by atoms with van der Waals surface area (Å²) in [4.78, 5) is 0. The van der Waals surface area contributed by atoms with Crippen LogP contribution in [-0.4, -0.2) is 13.2 Å². The second-order valence-corrected chi connectivity index (χ2v) is 4.71. The van der Waals surface area contributed by atoms with Crippen molar-refractivity contribution in [2.45, 2.75) is 12.5 Å². The van der Waals surface area contributed by atoms with Gasteiger partial charge in [-0.3, -0.25) is 0 Å². The lowest BCUT2D eigenvalue weighted by Gasteiger charge is -2.12. The van der Waals surface area contributed by atoms with Crippen molar-refractivity contribution in [2.24, 2.45) is 0 Å². The van der Waals surface area contributed by atoms with E-state index in [4.69, 9.17) is 9.47 Å². The van der Waals surface area contributed by atoms with Crippen LogP contribution >= 0.6 is 0 Å². The molecule has 2 aromatic rings. The van der Waals surface area contributed by atoms with E-state index in [1.165, 1.54) is 19.2 Å². The average Bonchev–Trinajstić information content (AvgIpc) is 2.81. The van der Waals surface area contributed by atoms with E-state index in [9.17, 15) is 8.78 Å². The highest BCUT2D eigenvalue weighted by Gasteiger charge is 2.26. The highest BCUT2D eigenvalue weighted by Crippen LogP contribution is 2.42. The molecule has 1 aliphatic heterocycles. The molecule has 0 bridgehead atoms. The fourth-order valence-corrected chi connectivity index (χ4v) is 2.43. The Balaban J connectivity index is 2.23. The highest BCUT2D eigenvalue weighted by molar-refractivity contribution is 5.75. The molecule has 20 heavy (non-hydrogen) atoms. The van der Waals surface area contributed by atoms with Crippen molar-refractivity contribution < 1.29 is 18.3 Å². The molecule has 103 valence electrons. The first kappa shape index (κ1) is 12.9. The number of halogens is 2. The normalized spacial score (nSPS) is 16.7. The molecule has 0 saturated carbocycles. The Labute approximate surface area is 116 Å². The minimum Gasteiger partial charge on any atom is -0.497 e. The molecule has 0 N–H and O–H groups in total. The summed E-state index contributed by atoms with van der Waals surface area (Å²) < 4.78 is 38.3. The summed E-state index contributed by atoms with van der Waals surface area (Å²) in [5, 5.41) is 0. The van der Waals surface area contributed by atoms with Crippen molar-refractivity contribution in [3.8, 4) is 22.6 Å². The van der Waals surface area contributed by atoms with Crippen molar-refractivity contribution in [1.29, 1.82) is 0 Å². The first-order valence-electron chi connectivity index (χ1n) is 6.25. The van der Waals surface area contributed by atoms with E-state index in [0.717, 1.165) is 11.6 Å². The molecule has 1 aliphatic rings. The molecule has 0 saturated heterocycles. The molecule has 0 aromatic heterocycles. The Morgan fingerprint density at radius 1 is 1.25 bits per heavy atom. The van der Waals surface area contributed by atoms with Crippen molar-refractivity contribution in [3.63, 3.8) is 0 Å². The largest absolute Gasteiger partial charge is 0.497 e. The SMILES string of the molecule is [CH2]C1Cc2cc(OC)cc(-c3cccc(F)c3F)c2O1. The van der Waals surface area contributed by atoms with Crippen LogP contribution in [0.25, 0.3) is 11.1 Å². The molecular formula is C16H13F2O2. The number of rotatable bonds is 2. The molecule has 1 heterocycles. The van der Waals surface area contributed by atoms with Crippen LogP contribution in [0.4, 0.5) is 8.78 Å². The predicted octanol–water partition coefficient (Wildman–Crippen LogP) is 3.78. The van der Waals surface area contributed by atoms with Crippen LogP contribution in [-0.2, 0) is 6.42 Å². The van der Waals surface area contributed by atoms with Crippen LogP contribution in [0, 0.1) is 18.6 Å². The molecule has 1 atom stereocenters. The zero-order valence-corrected chi connectivity index (χ0v) is 11.0. The van der Waals surface area contributed by atoms with Crippen LogP contribution in [0.2, 0.25) is 0 Å². The van der Waals surface area contributed by atoms with Gasteiger partial charge in [-0.05, 0) is 25.1 Å². The zero-order chi connectivity index (χ0) is 14.3. The average molecular weight is 275 g/mol. The first-order chi connectivity index (χ1) is 9.60. The van der Waals surface area contributed by atoms with Crippen molar-refractivity contribution >= 4 is 0 Å². The molecular weight excluding hydrogens is 262 g/mol. The van der Waals surface area contributed by atoms with E-state index in [1.54, 1.807) is 6.07 Å². The Kier molecular flexibility index (Phi) is 3.08. The van der Waals surface area contributed by atoms with Gasteiger partial charge < -0.3 is 9.47 Å². The van der Waals surface area contributed by atoms with Gasteiger partial charge in [-0.25, -0.2) is 8.78 Å². The number of ether oxygens (including phenoxy) is 2. The van der Waals surface area contributed by atoms with E-state index >= 15 is 0 Å². The van der Waals surface area contributed by atoms with Crippen molar-refractivity contribution in [2.75, 3.05) is 7.11 Å². The van der Waals surface area contributed by atoms with Gasteiger partial charge in [0.1, 0.15) is 17.6 Å². The molecule has 4 heteroatoms. The summed E-state index contributed by atoms with van der Waals surface area (Å²) in [6, 6.07) is 7.56. The molecule has 2 nitrogen and oxygen atoms in total. The Bertz CT molecular complexity index is 668. The van der Waals surface area contributed by atoms with Crippen LogP contribution < -0.4 is 9.47 Å². The summed E-state index contributed by atoms with van der Waals surface area (Å²) in [6.45, 7) is 3.85. The summed E-state index contributed by atoms with van der Waals surface area (Å²) in [6.07, 6.45) is 0.392. The fraction of sp³-hybridized carbons (Fsp3) is 0.188. The van der Waals surface area contributed by atoms with Gasteiger partial charge in [0.15, 0.2) is 11.6 Å². The monoisotopic (exact) mass is 275 g/mol. The Hall–Kier alpha value is -2.10. The highest BCUT2D eigenvalue weighted by atomic mass is 19.2. The standard InChI is InChI=1S/C16H13F2O2/c1-9-6-10-7-11(19-2)8-13(16(10)20-9)12-4-3-5-14(17)15(12)18/h3-5,7-9H,1,6H2,2H3. The molecule has 0 fully saturated rings. The lowest BCUT2D eigenvalue weighted by Crippen LogP contribution is -2.06. The Morgan fingerprint density at radius 3 is 2.80 bits per heavy atom. The topological polar surface area (TPSA) is 18.5 Å². The maximum Gasteiger partial charge on any atom is 0.166 e. The van der Waals surface area contributed by atoms with E-state index in [1.807, 2.05) is 6.07 Å². The number of methoxy groups -OCH3 is 1. The van der Waals surface area contributed by atoms with Crippen LogP contribution in [0.15, 0.2) is 30.3 Å². The molecule has 3 rings (SSSR count). The van der Waals surface area contributed by atoms with E-state index in [-0.39, 0.29) is 11.7 Å². The van der Waals surface area contributed by atoms with E-state index in [0.29, 0.717) is 23.5 Å². The predicted molar refractivity (Wildman–Crippen MR) is 71.8 cm³/mol. The molecule has 1 unspecified atom stereocenters. The van der Waals surface area contributed by atoms with Gasteiger partial charge in [0, 0.05) is 23.1 Å². The third-order valence-corrected chi connectivity index (χ3v) is 3.35. The number of hydrogen-bond donors (Lipinski definition) is 0. The lowest BCUT2D eigenvalue weighted by atomic mass is 9.99. The quantitative estimate of drug-likeness (QED) is 0.830. The Morgan fingerprint density at radius 2 is 2.05 bits per heavy atom. The zero-order valence-electron chi connectivity index (χ0n) is 11.0. The smallest absolute Gasteiger partial charge is 0.166 e. The minimum atomic E-state index is -0.890. The summed E-state index contributed by atoms with van der Waals surface area (Å²) >= 11 is 0. The van der Waals surface area contributed by atoms with Gasteiger partial charge in [0.05, 0.1) is 7.11 Å². The second kappa shape index (κ2) is 4.78. The van der Waals surface area contributed by atoms with E-state index < -0.39 is 11.6 Å². The third kappa shape index (κ3) is 2.01. The van der Waals surface area contributed by atoms with Gasteiger partial charge in [0.25, 0.3) is 0 Å². The molecule has 0 aliphatic carbocycles. The molecule has 2 aromatic carbocycles. The van der Waals surface area contributed by atoms with Crippen molar-refractivity contribution in [1.82, 2.24) is 0 Å². The number of fused-ring (bicyclic) bond motifs is 1. The van der Waals surface area contributed by atoms with Gasteiger partial charge in [0.2, 0.25) is 0 Å². The maximum atomic E-state index is 14.0. The van der Waals surface area contributed by atoms with Crippen LogP contribution in [0.5, 0.6) is 11.5 Å². The van der Waals surface area contributed by atoms with Crippen LogP contribution in [0.1, 0.15) is 5.56 Å². The summed E-state index contributed by atoms with van der Waals surface area (Å²) in [5.41, 5.74) is 1.54. The number of benzene rings is 2. The summed E-state index contributed by atoms with van der Waals surface area (Å²) in [7, 11) is 1.53. The lowest BCUT2D eigenvalue weighted by molar-refractivity contribution is 0.282. The van der Waals surface area contributed by atoms with Gasteiger partial charge in [-0.1, -0.05) is 12.1 Å². The van der Waals surface area contributed by atoms with E-state index in [2.05, 4.69) is 6.92 Å². The second-order valence-electron chi connectivity index (χ2n) is 4.71. The van der Waals surface area contributed by atoms with Crippen LogP contribution in [0.3, 0.4) is 0 Å². The van der Waals surface area contributed by atoms with Crippen molar-refractivity contribution in [3.05, 3.63) is 54.5 Å². The molecule has 1 radical (unpaired) electrons. The third-order valence-electron chi connectivity index (χ3n) is 3.35. The minimum absolute atomic E-state index is 0.161.